The normalized spacial score (nSPS) is 47.8. The van der Waals surface area contributed by atoms with E-state index in [-0.39, 0.29) is 6.61 Å². The standard InChI is InChI=1S/C14H26O10/c1-5-8(17)13(9(18)7(3-15)22-5)24-14-11(20)10(19)12(23-14)6(16)4-21-2/h5-20H,3-4H2,1-2H3/t5-,6+,7?,8?,9+,10+,11-,12-,13?,14-/m0/s1. The van der Waals surface area contributed by atoms with Crippen LogP contribution < -0.4 is 0 Å². The number of rotatable bonds is 6. The van der Waals surface area contributed by atoms with E-state index in [0.717, 1.165) is 0 Å². The summed E-state index contributed by atoms with van der Waals surface area (Å²) in [6.45, 7) is 0.943. The van der Waals surface area contributed by atoms with Gasteiger partial charge >= 0.3 is 0 Å². The summed E-state index contributed by atoms with van der Waals surface area (Å²) in [5.74, 6) is 0. The van der Waals surface area contributed by atoms with Gasteiger partial charge in [-0.25, -0.2) is 0 Å². The maximum atomic E-state index is 10.1. The van der Waals surface area contributed by atoms with E-state index in [1.807, 2.05) is 0 Å². The molecule has 3 unspecified atom stereocenters. The molecule has 2 rings (SSSR count). The zero-order valence-corrected chi connectivity index (χ0v) is 13.5. The summed E-state index contributed by atoms with van der Waals surface area (Å²) in [6.07, 6.45) is -12.2. The molecule has 6 N–H and O–H groups in total. The summed E-state index contributed by atoms with van der Waals surface area (Å²) >= 11 is 0. The fraction of sp³-hybridized carbons (Fsp3) is 1.00. The summed E-state index contributed by atoms with van der Waals surface area (Å²) in [5, 5.41) is 59.4. The van der Waals surface area contributed by atoms with Gasteiger partial charge in [0.15, 0.2) is 6.29 Å². The lowest BCUT2D eigenvalue weighted by Crippen LogP contribution is -2.60. The van der Waals surface area contributed by atoms with Crippen LogP contribution in [0.15, 0.2) is 0 Å². The molecule has 0 aromatic rings. The number of hydrogen-bond acceptors (Lipinski definition) is 10. The predicted molar refractivity (Wildman–Crippen MR) is 76.9 cm³/mol. The van der Waals surface area contributed by atoms with E-state index in [9.17, 15) is 30.6 Å². The van der Waals surface area contributed by atoms with Crippen LogP contribution in [0, 0.1) is 0 Å². The topological polar surface area (TPSA) is 158 Å². The highest BCUT2D eigenvalue weighted by molar-refractivity contribution is 4.95. The molecule has 2 aliphatic heterocycles. The van der Waals surface area contributed by atoms with Crippen molar-refractivity contribution in [2.45, 2.75) is 68.1 Å². The van der Waals surface area contributed by atoms with Gasteiger partial charge in [0.05, 0.1) is 19.3 Å². The zero-order valence-electron chi connectivity index (χ0n) is 13.5. The minimum absolute atomic E-state index is 0.118. The van der Waals surface area contributed by atoms with Gasteiger partial charge in [-0.1, -0.05) is 0 Å². The van der Waals surface area contributed by atoms with Crippen LogP contribution in [0.5, 0.6) is 0 Å². The molecule has 24 heavy (non-hydrogen) atoms. The molecule has 0 bridgehead atoms. The molecular formula is C14H26O10. The molecule has 0 spiro atoms. The van der Waals surface area contributed by atoms with E-state index in [4.69, 9.17) is 18.9 Å². The van der Waals surface area contributed by atoms with Gasteiger partial charge < -0.3 is 49.6 Å². The molecular weight excluding hydrogens is 328 g/mol. The number of hydrogen-bond donors (Lipinski definition) is 6. The van der Waals surface area contributed by atoms with E-state index in [2.05, 4.69) is 0 Å². The molecule has 2 saturated heterocycles. The maximum Gasteiger partial charge on any atom is 0.187 e. The van der Waals surface area contributed by atoms with E-state index in [0.29, 0.717) is 0 Å². The van der Waals surface area contributed by atoms with E-state index >= 15 is 0 Å². The molecule has 142 valence electrons. The number of aliphatic hydroxyl groups excluding tert-OH is 6. The zero-order chi connectivity index (χ0) is 18.0. The highest BCUT2D eigenvalue weighted by atomic mass is 16.7. The fourth-order valence-electron chi connectivity index (χ4n) is 2.95. The second-order valence-electron chi connectivity index (χ2n) is 6.12. The van der Waals surface area contributed by atoms with Crippen LogP contribution in [0.3, 0.4) is 0 Å². The quantitative estimate of drug-likeness (QED) is 0.281. The molecule has 0 aromatic heterocycles. The van der Waals surface area contributed by atoms with Crippen molar-refractivity contribution in [1.29, 1.82) is 0 Å². The molecule has 0 radical (unpaired) electrons. The SMILES string of the molecule is COC[C@@H](O)[C@@H]1O[C@@H](OC2C(O)[C@H](C)OC(CO)[C@H]2O)[C@@H](O)[C@H]1O. The Labute approximate surface area is 139 Å². The van der Waals surface area contributed by atoms with Gasteiger partial charge in [-0.05, 0) is 6.92 Å². The number of aliphatic hydroxyl groups is 6. The lowest BCUT2D eigenvalue weighted by Gasteiger charge is -2.42. The van der Waals surface area contributed by atoms with Crippen LogP contribution in [0.25, 0.3) is 0 Å². The second kappa shape index (κ2) is 8.32. The van der Waals surface area contributed by atoms with Gasteiger partial charge in [-0.3, -0.25) is 0 Å². The largest absolute Gasteiger partial charge is 0.394 e. The van der Waals surface area contributed by atoms with Crippen LogP contribution in [0.1, 0.15) is 6.92 Å². The van der Waals surface area contributed by atoms with Crippen molar-refractivity contribution in [1.82, 2.24) is 0 Å². The maximum absolute atomic E-state index is 10.1. The fourth-order valence-corrected chi connectivity index (χ4v) is 2.95. The van der Waals surface area contributed by atoms with Gasteiger partial charge in [0.1, 0.15) is 48.8 Å². The highest BCUT2D eigenvalue weighted by Crippen LogP contribution is 2.30. The molecule has 10 nitrogen and oxygen atoms in total. The van der Waals surface area contributed by atoms with Crippen molar-refractivity contribution in [2.24, 2.45) is 0 Å². The summed E-state index contributed by atoms with van der Waals surface area (Å²) in [6, 6.07) is 0. The minimum Gasteiger partial charge on any atom is -0.394 e. The Balaban J connectivity index is 2.06. The third-order valence-corrected chi connectivity index (χ3v) is 4.37. The molecule has 0 aromatic carbocycles. The van der Waals surface area contributed by atoms with Gasteiger partial charge in [-0.15, -0.1) is 0 Å². The third kappa shape index (κ3) is 3.88. The van der Waals surface area contributed by atoms with Crippen LogP contribution in [-0.4, -0.2) is 112 Å². The van der Waals surface area contributed by atoms with Gasteiger partial charge in [-0.2, -0.15) is 0 Å². The summed E-state index contributed by atoms with van der Waals surface area (Å²) < 4.78 is 20.8. The van der Waals surface area contributed by atoms with Crippen molar-refractivity contribution < 1.29 is 49.6 Å². The monoisotopic (exact) mass is 354 g/mol. The van der Waals surface area contributed by atoms with Gasteiger partial charge in [0, 0.05) is 7.11 Å². The first-order valence-electron chi connectivity index (χ1n) is 7.78. The Morgan fingerprint density at radius 2 is 1.67 bits per heavy atom. The molecule has 2 aliphatic rings. The molecule has 10 atom stereocenters. The first-order chi connectivity index (χ1) is 11.3. The molecule has 0 amide bonds. The third-order valence-electron chi connectivity index (χ3n) is 4.37. The van der Waals surface area contributed by atoms with Gasteiger partial charge in [0.2, 0.25) is 0 Å². The second-order valence-corrected chi connectivity index (χ2v) is 6.12. The smallest absolute Gasteiger partial charge is 0.187 e. The van der Waals surface area contributed by atoms with Crippen LogP contribution in [0.2, 0.25) is 0 Å². The predicted octanol–water partition coefficient (Wildman–Crippen LogP) is -3.67. The van der Waals surface area contributed by atoms with Crippen LogP contribution >= 0.6 is 0 Å². The van der Waals surface area contributed by atoms with Crippen molar-refractivity contribution in [2.75, 3.05) is 20.3 Å². The summed E-state index contributed by atoms with van der Waals surface area (Å²) in [7, 11) is 1.36. The Morgan fingerprint density at radius 1 is 1.00 bits per heavy atom. The minimum atomic E-state index is -1.49. The molecule has 2 fully saturated rings. The first kappa shape index (κ1) is 19.9. The first-order valence-corrected chi connectivity index (χ1v) is 7.78. The average molecular weight is 354 g/mol. The van der Waals surface area contributed by atoms with Crippen molar-refractivity contribution in [3.8, 4) is 0 Å². The molecule has 2 heterocycles. The Morgan fingerprint density at radius 3 is 2.25 bits per heavy atom. The van der Waals surface area contributed by atoms with Crippen LogP contribution in [-0.2, 0) is 18.9 Å². The van der Waals surface area contributed by atoms with E-state index in [1.165, 1.54) is 7.11 Å². The van der Waals surface area contributed by atoms with Crippen molar-refractivity contribution in [3.05, 3.63) is 0 Å². The lowest BCUT2D eigenvalue weighted by atomic mass is 9.95. The summed E-state index contributed by atoms with van der Waals surface area (Å²) in [5.41, 5.74) is 0. The lowest BCUT2D eigenvalue weighted by molar-refractivity contribution is -0.287. The van der Waals surface area contributed by atoms with Crippen molar-refractivity contribution in [3.63, 3.8) is 0 Å². The van der Waals surface area contributed by atoms with E-state index in [1.54, 1.807) is 6.92 Å². The van der Waals surface area contributed by atoms with Gasteiger partial charge in [0.25, 0.3) is 0 Å². The van der Waals surface area contributed by atoms with Crippen LogP contribution in [0.4, 0.5) is 0 Å². The Hall–Kier alpha value is -0.400. The average Bonchev–Trinajstić information content (AvgIpc) is 2.83. The highest BCUT2D eigenvalue weighted by Gasteiger charge is 2.51. The Kier molecular flexibility index (Phi) is 6.90. The number of ether oxygens (including phenoxy) is 4. The Bertz CT molecular complexity index is 396. The number of methoxy groups -OCH3 is 1. The molecule has 10 heteroatoms. The van der Waals surface area contributed by atoms with E-state index < -0.39 is 67.8 Å². The molecule has 0 saturated carbocycles. The molecule has 0 aliphatic carbocycles. The summed E-state index contributed by atoms with van der Waals surface area (Å²) in [4.78, 5) is 0. The van der Waals surface area contributed by atoms with Crippen molar-refractivity contribution >= 4 is 0 Å².